The molecule has 118 valence electrons. The quantitative estimate of drug-likeness (QED) is 0.729. The van der Waals surface area contributed by atoms with E-state index in [1.807, 2.05) is 0 Å². The van der Waals surface area contributed by atoms with Crippen LogP contribution in [0.15, 0.2) is 35.1 Å². The Morgan fingerprint density at radius 3 is 2.70 bits per heavy atom. The molecule has 8 heteroatoms. The average molecular weight is 338 g/mol. The van der Waals surface area contributed by atoms with Crippen LogP contribution in [-0.2, 0) is 7.05 Å². The highest BCUT2D eigenvalue weighted by Crippen LogP contribution is 2.35. The zero-order chi connectivity index (χ0) is 16.7. The largest absolute Gasteiger partial charge is 0.421 e. The van der Waals surface area contributed by atoms with Gasteiger partial charge in [0.25, 0.3) is 5.56 Å². The van der Waals surface area contributed by atoms with Crippen LogP contribution in [0.25, 0.3) is 10.9 Å². The van der Waals surface area contributed by atoms with Crippen LogP contribution in [0.5, 0.6) is 11.8 Å². The van der Waals surface area contributed by atoms with Crippen molar-refractivity contribution in [2.45, 2.75) is 0 Å². The van der Waals surface area contributed by atoms with Gasteiger partial charge >= 0.3 is 6.01 Å². The molecule has 0 saturated heterocycles. The van der Waals surface area contributed by atoms with Crippen LogP contribution in [0.2, 0.25) is 5.02 Å². The lowest BCUT2D eigenvalue weighted by Crippen LogP contribution is -2.20. The molecular formula is C15H10ClF2N3O2. The first-order chi connectivity index (χ1) is 10.9. The van der Waals surface area contributed by atoms with Crippen LogP contribution in [0, 0.1) is 11.6 Å². The third-order valence-electron chi connectivity index (χ3n) is 3.29. The summed E-state index contributed by atoms with van der Waals surface area (Å²) in [6.07, 6.45) is 0. The minimum absolute atomic E-state index is 0.0866. The van der Waals surface area contributed by atoms with E-state index in [1.165, 1.54) is 25.2 Å². The standard InChI is InChI=1S/C15H10ClF2N3O2/c1-21-14(22)11-7(17)3-2-4-10(11)20-15(21)23-13-8(18)5-6-9(19)12(13)16/h2-6H,19H2,1H3. The summed E-state index contributed by atoms with van der Waals surface area (Å²) in [4.78, 5) is 16.3. The normalized spacial score (nSPS) is 11.0. The molecule has 0 unspecified atom stereocenters. The Hall–Kier alpha value is -2.67. The number of ether oxygens (including phenoxy) is 1. The van der Waals surface area contributed by atoms with Gasteiger partial charge < -0.3 is 10.5 Å². The maximum absolute atomic E-state index is 13.9. The predicted molar refractivity (Wildman–Crippen MR) is 82.8 cm³/mol. The molecule has 0 aliphatic carbocycles. The SMILES string of the molecule is Cn1c(Oc2c(F)ccc(N)c2Cl)nc2cccc(F)c2c1=O. The second-order valence-electron chi connectivity index (χ2n) is 4.77. The van der Waals surface area contributed by atoms with Gasteiger partial charge in [0, 0.05) is 7.05 Å². The van der Waals surface area contributed by atoms with E-state index in [1.54, 1.807) is 0 Å². The first kappa shape index (κ1) is 15.2. The van der Waals surface area contributed by atoms with Gasteiger partial charge in [0.2, 0.25) is 0 Å². The molecule has 3 rings (SSSR count). The van der Waals surface area contributed by atoms with Crippen molar-refractivity contribution in [1.82, 2.24) is 9.55 Å². The molecule has 5 nitrogen and oxygen atoms in total. The van der Waals surface area contributed by atoms with Gasteiger partial charge in [-0.2, -0.15) is 4.98 Å². The molecule has 1 aromatic heterocycles. The number of nitrogen functional groups attached to an aromatic ring is 1. The highest BCUT2D eigenvalue weighted by Gasteiger charge is 2.18. The number of rotatable bonds is 2. The molecule has 0 aliphatic rings. The molecule has 23 heavy (non-hydrogen) atoms. The third-order valence-corrected chi connectivity index (χ3v) is 3.68. The molecule has 0 amide bonds. The third kappa shape index (κ3) is 2.49. The van der Waals surface area contributed by atoms with Crippen LogP contribution >= 0.6 is 11.6 Å². The topological polar surface area (TPSA) is 70.1 Å². The Morgan fingerprint density at radius 2 is 1.96 bits per heavy atom. The summed E-state index contributed by atoms with van der Waals surface area (Å²) < 4.78 is 33.9. The van der Waals surface area contributed by atoms with Gasteiger partial charge in [-0.3, -0.25) is 9.36 Å². The highest BCUT2D eigenvalue weighted by molar-refractivity contribution is 6.34. The fourth-order valence-electron chi connectivity index (χ4n) is 2.07. The van der Waals surface area contributed by atoms with Gasteiger partial charge in [0.15, 0.2) is 11.6 Å². The Kier molecular flexibility index (Phi) is 3.65. The van der Waals surface area contributed by atoms with Gasteiger partial charge in [-0.05, 0) is 24.3 Å². The predicted octanol–water partition coefficient (Wildman–Crippen LogP) is 3.24. The first-order valence-corrected chi connectivity index (χ1v) is 6.84. The second kappa shape index (κ2) is 5.51. The van der Waals surface area contributed by atoms with E-state index >= 15 is 0 Å². The van der Waals surface area contributed by atoms with Crippen molar-refractivity contribution in [2.24, 2.45) is 7.05 Å². The second-order valence-corrected chi connectivity index (χ2v) is 5.15. The summed E-state index contributed by atoms with van der Waals surface area (Å²) >= 11 is 5.92. The molecular weight excluding hydrogens is 328 g/mol. The minimum Gasteiger partial charge on any atom is -0.421 e. The van der Waals surface area contributed by atoms with Crippen molar-refractivity contribution in [3.63, 3.8) is 0 Å². The Morgan fingerprint density at radius 1 is 1.22 bits per heavy atom. The molecule has 0 saturated carbocycles. The number of hydrogen-bond donors (Lipinski definition) is 1. The number of anilines is 1. The Bertz CT molecular complexity index is 989. The average Bonchev–Trinajstić information content (AvgIpc) is 2.52. The van der Waals surface area contributed by atoms with Crippen LogP contribution in [0.4, 0.5) is 14.5 Å². The van der Waals surface area contributed by atoms with Crippen molar-refractivity contribution in [1.29, 1.82) is 0 Å². The number of hydrogen-bond acceptors (Lipinski definition) is 4. The van der Waals surface area contributed by atoms with Gasteiger partial charge in [0.1, 0.15) is 16.2 Å². The van der Waals surface area contributed by atoms with Gasteiger partial charge in [0.05, 0.1) is 11.2 Å². The summed E-state index contributed by atoms with van der Waals surface area (Å²) in [6, 6.07) is 6.13. The van der Waals surface area contributed by atoms with Crippen molar-refractivity contribution in [2.75, 3.05) is 5.73 Å². The van der Waals surface area contributed by atoms with Gasteiger partial charge in [-0.1, -0.05) is 17.7 Å². The van der Waals surface area contributed by atoms with Crippen molar-refractivity contribution >= 4 is 28.2 Å². The summed E-state index contributed by atoms with van der Waals surface area (Å²) in [6.45, 7) is 0. The van der Waals surface area contributed by atoms with Crippen molar-refractivity contribution < 1.29 is 13.5 Å². The fourth-order valence-corrected chi connectivity index (χ4v) is 2.27. The van der Waals surface area contributed by atoms with Crippen LogP contribution in [0.3, 0.4) is 0 Å². The molecule has 2 N–H and O–H groups in total. The van der Waals surface area contributed by atoms with E-state index < -0.39 is 17.2 Å². The maximum Gasteiger partial charge on any atom is 0.305 e. The van der Waals surface area contributed by atoms with E-state index in [-0.39, 0.29) is 33.4 Å². The van der Waals surface area contributed by atoms with Crippen LogP contribution in [-0.4, -0.2) is 9.55 Å². The summed E-state index contributed by atoms with van der Waals surface area (Å²) in [5.41, 5.74) is 5.14. The Labute approximate surface area is 133 Å². The molecule has 0 bridgehead atoms. The zero-order valence-electron chi connectivity index (χ0n) is 11.8. The van der Waals surface area contributed by atoms with Crippen LogP contribution < -0.4 is 16.0 Å². The van der Waals surface area contributed by atoms with Crippen LogP contribution in [0.1, 0.15) is 0 Å². The molecule has 1 heterocycles. The van der Waals surface area contributed by atoms with Crippen molar-refractivity contribution in [3.8, 4) is 11.8 Å². The summed E-state index contributed by atoms with van der Waals surface area (Å²) in [5.74, 6) is -1.82. The lowest BCUT2D eigenvalue weighted by molar-refractivity contribution is 0.391. The Balaban J connectivity index is 2.21. The maximum atomic E-state index is 13.9. The van der Waals surface area contributed by atoms with E-state index in [0.29, 0.717) is 0 Å². The molecule has 0 radical (unpaired) electrons. The first-order valence-electron chi connectivity index (χ1n) is 6.46. The molecule has 3 aromatic rings. The molecule has 0 fully saturated rings. The van der Waals surface area contributed by atoms with Gasteiger partial charge in [-0.25, -0.2) is 8.78 Å². The number of benzene rings is 2. The lowest BCUT2D eigenvalue weighted by Gasteiger charge is -2.12. The van der Waals surface area contributed by atoms with E-state index in [9.17, 15) is 13.6 Å². The smallest absolute Gasteiger partial charge is 0.305 e. The van der Waals surface area contributed by atoms with E-state index in [4.69, 9.17) is 22.1 Å². The summed E-state index contributed by atoms with van der Waals surface area (Å²) in [5, 5.41) is -0.319. The highest BCUT2D eigenvalue weighted by atomic mass is 35.5. The number of aromatic nitrogens is 2. The number of nitrogens with two attached hydrogens (primary N) is 1. The minimum atomic E-state index is -0.766. The fraction of sp³-hybridized carbons (Fsp3) is 0.0667. The summed E-state index contributed by atoms with van der Waals surface area (Å²) in [7, 11) is 1.33. The number of nitrogens with zero attached hydrogens (tertiary/aromatic N) is 2. The van der Waals surface area contributed by atoms with Crippen molar-refractivity contribution in [3.05, 3.63) is 57.3 Å². The number of fused-ring (bicyclic) bond motifs is 1. The molecule has 2 aromatic carbocycles. The monoisotopic (exact) mass is 337 g/mol. The molecule has 0 aliphatic heterocycles. The number of halogens is 3. The van der Waals surface area contributed by atoms with Gasteiger partial charge in [-0.15, -0.1) is 0 Å². The molecule has 0 spiro atoms. The zero-order valence-corrected chi connectivity index (χ0v) is 12.6. The lowest BCUT2D eigenvalue weighted by atomic mass is 10.2. The van der Waals surface area contributed by atoms with E-state index in [0.717, 1.165) is 16.7 Å². The molecule has 0 atom stereocenters. The van der Waals surface area contributed by atoms with E-state index in [2.05, 4.69) is 4.98 Å².